The fourth-order valence-corrected chi connectivity index (χ4v) is 2.68. The first-order chi connectivity index (χ1) is 9.90. The number of anilines is 1. The van der Waals surface area contributed by atoms with Gasteiger partial charge in [0, 0.05) is 19.2 Å². The smallest absolute Gasteiger partial charge is 0.288 e. The summed E-state index contributed by atoms with van der Waals surface area (Å²) < 4.78 is 0. The van der Waals surface area contributed by atoms with Crippen LogP contribution in [0.25, 0.3) is 0 Å². The van der Waals surface area contributed by atoms with Crippen molar-refractivity contribution in [1.29, 1.82) is 0 Å². The zero-order valence-electron chi connectivity index (χ0n) is 12.3. The van der Waals surface area contributed by atoms with Crippen molar-refractivity contribution in [2.24, 2.45) is 11.8 Å². The van der Waals surface area contributed by atoms with Crippen LogP contribution >= 0.6 is 0 Å². The highest BCUT2D eigenvalue weighted by Gasteiger charge is 2.27. The lowest BCUT2D eigenvalue weighted by Gasteiger charge is -2.34. The fourth-order valence-electron chi connectivity index (χ4n) is 2.68. The normalized spacial score (nSPS) is 16.2. The van der Waals surface area contributed by atoms with E-state index in [-0.39, 0.29) is 23.0 Å². The fraction of sp³-hybridized carbons (Fsp3) is 0.571. The summed E-state index contributed by atoms with van der Waals surface area (Å²) in [7, 11) is 0. The Bertz CT molecular complexity index is 551. The molecule has 2 rings (SSSR count). The minimum atomic E-state index is -0.575. The average molecular weight is 292 g/mol. The number of nitrogens with two attached hydrogens (primary N) is 1. The third kappa shape index (κ3) is 3.29. The van der Waals surface area contributed by atoms with Gasteiger partial charge in [-0.05, 0) is 24.7 Å². The summed E-state index contributed by atoms with van der Waals surface area (Å²) in [6.45, 7) is 5.68. The number of nitrogen functional groups attached to an aromatic ring is 1. The van der Waals surface area contributed by atoms with Crippen molar-refractivity contribution < 1.29 is 9.72 Å². The minimum absolute atomic E-state index is 0.0385. The quantitative estimate of drug-likeness (QED) is 0.678. The van der Waals surface area contributed by atoms with Crippen molar-refractivity contribution in [2.75, 3.05) is 18.8 Å². The van der Waals surface area contributed by atoms with E-state index in [1.165, 1.54) is 6.07 Å². The Morgan fingerprint density at radius 1 is 1.48 bits per heavy atom. The van der Waals surface area contributed by atoms with Gasteiger partial charge in [-0.15, -0.1) is 0 Å². The number of piperidine rings is 1. The maximum Gasteiger partial charge on any atom is 0.288 e. The van der Waals surface area contributed by atoms with Crippen molar-refractivity contribution in [3.05, 3.63) is 27.9 Å². The van der Waals surface area contributed by atoms with Crippen molar-refractivity contribution in [2.45, 2.75) is 26.7 Å². The van der Waals surface area contributed by atoms with E-state index in [4.69, 9.17) is 5.73 Å². The molecule has 0 aromatic carbocycles. The molecule has 1 aliphatic rings. The molecule has 2 heterocycles. The van der Waals surface area contributed by atoms with Crippen LogP contribution < -0.4 is 5.73 Å². The Morgan fingerprint density at radius 2 is 2.10 bits per heavy atom. The van der Waals surface area contributed by atoms with Crippen LogP contribution in [0.2, 0.25) is 0 Å². The standard InChI is InChI=1S/C14H20N4O3/c1-9(2)10-3-5-17(6-4-10)14(19)12-7-11(18(20)21)8-16-13(12)15/h7-10H,3-6H2,1-2H3,(H2,15,16). The molecule has 0 unspecified atom stereocenters. The second-order valence-corrected chi connectivity index (χ2v) is 5.76. The first-order valence-corrected chi connectivity index (χ1v) is 7.09. The maximum absolute atomic E-state index is 12.5. The van der Waals surface area contributed by atoms with E-state index in [9.17, 15) is 14.9 Å². The zero-order chi connectivity index (χ0) is 15.6. The first-order valence-electron chi connectivity index (χ1n) is 7.09. The molecule has 0 radical (unpaired) electrons. The highest BCUT2D eigenvalue weighted by Crippen LogP contribution is 2.26. The maximum atomic E-state index is 12.5. The van der Waals surface area contributed by atoms with E-state index in [0.29, 0.717) is 24.9 Å². The van der Waals surface area contributed by atoms with Crippen molar-refractivity contribution >= 4 is 17.4 Å². The number of amides is 1. The van der Waals surface area contributed by atoms with Crippen molar-refractivity contribution in [3.8, 4) is 0 Å². The van der Waals surface area contributed by atoms with Gasteiger partial charge in [0.05, 0.1) is 10.5 Å². The molecule has 1 aliphatic heterocycles. The molecular weight excluding hydrogens is 272 g/mol. The third-order valence-corrected chi connectivity index (χ3v) is 4.11. The molecule has 1 aromatic heterocycles. The van der Waals surface area contributed by atoms with Crippen LogP contribution in [0.4, 0.5) is 11.5 Å². The molecule has 0 spiro atoms. The lowest BCUT2D eigenvalue weighted by molar-refractivity contribution is -0.385. The Labute approximate surface area is 123 Å². The number of hydrogen-bond donors (Lipinski definition) is 1. The molecule has 1 fully saturated rings. The molecule has 1 aromatic rings. The summed E-state index contributed by atoms with van der Waals surface area (Å²) in [5.41, 5.74) is 5.59. The number of carbonyl (C=O) groups excluding carboxylic acids is 1. The van der Waals surface area contributed by atoms with E-state index in [1.54, 1.807) is 4.90 Å². The highest BCUT2D eigenvalue weighted by molar-refractivity contribution is 5.98. The van der Waals surface area contributed by atoms with Crippen LogP contribution in [-0.4, -0.2) is 33.8 Å². The SMILES string of the molecule is CC(C)C1CCN(C(=O)c2cc([N+](=O)[O-])cnc2N)CC1. The lowest BCUT2D eigenvalue weighted by Crippen LogP contribution is -2.39. The number of hydrogen-bond acceptors (Lipinski definition) is 5. The second-order valence-electron chi connectivity index (χ2n) is 5.76. The van der Waals surface area contributed by atoms with Gasteiger partial charge in [-0.25, -0.2) is 4.98 Å². The summed E-state index contributed by atoms with van der Waals surface area (Å²) in [5.74, 6) is 0.990. The topological polar surface area (TPSA) is 102 Å². The van der Waals surface area contributed by atoms with Crippen LogP contribution in [0, 0.1) is 22.0 Å². The molecule has 1 amide bonds. The van der Waals surface area contributed by atoms with Crippen LogP contribution in [0.5, 0.6) is 0 Å². The lowest BCUT2D eigenvalue weighted by atomic mass is 9.86. The van der Waals surface area contributed by atoms with Gasteiger partial charge in [-0.1, -0.05) is 13.8 Å². The Hall–Kier alpha value is -2.18. The minimum Gasteiger partial charge on any atom is -0.383 e. The van der Waals surface area contributed by atoms with Gasteiger partial charge in [0.25, 0.3) is 11.6 Å². The molecule has 21 heavy (non-hydrogen) atoms. The number of rotatable bonds is 3. The molecular formula is C14H20N4O3. The average Bonchev–Trinajstić information content (AvgIpc) is 2.47. The van der Waals surface area contributed by atoms with E-state index in [1.807, 2.05) is 0 Å². The molecule has 0 atom stereocenters. The van der Waals surface area contributed by atoms with Gasteiger partial charge >= 0.3 is 0 Å². The predicted octanol–water partition coefficient (Wildman–Crippen LogP) is 2.08. The third-order valence-electron chi connectivity index (χ3n) is 4.11. The van der Waals surface area contributed by atoms with Crippen LogP contribution in [0.1, 0.15) is 37.0 Å². The molecule has 2 N–H and O–H groups in total. The van der Waals surface area contributed by atoms with Crippen LogP contribution in [0.3, 0.4) is 0 Å². The van der Waals surface area contributed by atoms with E-state index >= 15 is 0 Å². The molecule has 1 saturated heterocycles. The van der Waals surface area contributed by atoms with Gasteiger partial charge in [0.2, 0.25) is 0 Å². The largest absolute Gasteiger partial charge is 0.383 e. The van der Waals surface area contributed by atoms with Crippen LogP contribution in [-0.2, 0) is 0 Å². The Balaban J connectivity index is 2.14. The summed E-state index contributed by atoms with van der Waals surface area (Å²) >= 11 is 0. The van der Waals surface area contributed by atoms with Gasteiger partial charge in [0.1, 0.15) is 12.0 Å². The van der Waals surface area contributed by atoms with Gasteiger partial charge in [-0.2, -0.15) is 0 Å². The van der Waals surface area contributed by atoms with Gasteiger partial charge in [0.15, 0.2) is 0 Å². The Kier molecular flexibility index (Phi) is 4.40. The number of nitro groups is 1. The van der Waals surface area contributed by atoms with E-state index in [0.717, 1.165) is 19.0 Å². The number of pyridine rings is 1. The van der Waals surface area contributed by atoms with Crippen molar-refractivity contribution in [3.63, 3.8) is 0 Å². The summed E-state index contributed by atoms with van der Waals surface area (Å²) in [5, 5.41) is 10.8. The highest BCUT2D eigenvalue weighted by atomic mass is 16.6. The van der Waals surface area contributed by atoms with E-state index in [2.05, 4.69) is 18.8 Å². The van der Waals surface area contributed by atoms with Crippen LogP contribution in [0.15, 0.2) is 12.3 Å². The summed E-state index contributed by atoms with van der Waals surface area (Å²) in [4.78, 5) is 28.1. The van der Waals surface area contributed by atoms with Gasteiger partial charge in [-0.3, -0.25) is 14.9 Å². The summed E-state index contributed by atoms with van der Waals surface area (Å²) in [6, 6.07) is 1.21. The molecule has 7 nitrogen and oxygen atoms in total. The second kappa shape index (κ2) is 6.07. The monoisotopic (exact) mass is 292 g/mol. The molecule has 0 bridgehead atoms. The molecule has 0 saturated carbocycles. The molecule has 114 valence electrons. The number of carbonyl (C=O) groups is 1. The zero-order valence-corrected chi connectivity index (χ0v) is 12.3. The number of aromatic nitrogens is 1. The van der Waals surface area contributed by atoms with Gasteiger partial charge < -0.3 is 10.6 Å². The van der Waals surface area contributed by atoms with Crippen molar-refractivity contribution in [1.82, 2.24) is 9.88 Å². The number of nitrogens with zero attached hydrogens (tertiary/aromatic N) is 3. The molecule has 7 heteroatoms. The molecule has 0 aliphatic carbocycles. The summed E-state index contributed by atoms with van der Waals surface area (Å²) in [6.07, 6.45) is 2.97. The first kappa shape index (κ1) is 15.2. The Morgan fingerprint density at radius 3 is 2.62 bits per heavy atom. The number of likely N-dealkylation sites (tertiary alicyclic amines) is 1. The predicted molar refractivity (Wildman–Crippen MR) is 78.8 cm³/mol. The van der Waals surface area contributed by atoms with E-state index < -0.39 is 4.92 Å².